The van der Waals surface area contributed by atoms with E-state index in [0.29, 0.717) is 41.1 Å². The van der Waals surface area contributed by atoms with E-state index in [9.17, 15) is 13.2 Å². The van der Waals surface area contributed by atoms with E-state index in [0.717, 1.165) is 42.6 Å². The first-order chi connectivity index (χ1) is 19.3. The van der Waals surface area contributed by atoms with Gasteiger partial charge in [-0.3, -0.25) is 9.36 Å². The van der Waals surface area contributed by atoms with E-state index in [1.807, 2.05) is 13.8 Å². The molecule has 0 radical (unpaired) electrons. The van der Waals surface area contributed by atoms with Gasteiger partial charge in [0.25, 0.3) is 5.56 Å². The van der Waals surface area contributed by atoms with Crippen molar-refractivity contribution in [2.75, 3.05) is 11.1 Å². The Kier molecular flexibility index (Phi) is 6.77. The first-order valence-electron chi connectivity index (χ1n) is 13.7. The minimum Gasteiger partial charge on any atom is -0.358 e. The van der Waals surface area contributed by atoms with Crippen LogP contribution in [-0.4, -0.2) is 53.6 Å². The second kappa shape index (κ2) is 10.3. The maximum Gasteiger partial charge on any atom is 0.295 e. The first kappa shape index (κ1) is 26.4. The second-order valence-electron chi connectivity index (χ2n) is 10.5. The van der Waals surface area contributed by atoms with Gasteiger partial charge in [0.1, 0.15) is 22.6 Å². The highest BCUT2D eigenvalue weighted by Crippen LogP contribution is 2.48. The summed E-state index contributed by atoms with van der Waals surface area (Å²) in [6.45, 7) is 5.65. The molecule has 13 heteroatoms. The zero-order valence-electron chi connectivity index (χ0n) is 22.7. The van der Waals surface area contributed by atoms with Crippen LogP contribution in [0.25, 0.3) is 22.6 Å². The van der Waals surface area contributed by atoms with Crippen molar-refractivity contribution in [3.63, 3.8) is 0 Å². The molecule has 4 aromatic heterocycles. The van der Waals surface area contributed by atoms with E-state index >= 15 is 0 Å². The highest BCUT2D eigenvalue weighted by Gasteiger charge is 2.35. The summed E-state index contributed by atoms with van der Waals surface area (Å²) in [5.41, 5.74) is 3.54. The van der Waals surface area contributed by atoms with Crippen molar-refractivity contribution in [3.8, 4) is 11.4 Å². The number of hydrogen-bond acceptors (Lipinski definition) is 11. The lowest BCUT2D eigenvalue weighted by Gasteiger charge is -2.18. The minimum absolute atomic E-state index is 0.0327. The van der Waals surface area contributed by atoms with Crippen molar-refractivity contribution >= 4 is 26.8 Å². The number of sulfone groups is 1. The molecule has 12 nitrogen and oxygen atoms in total. The quantitative estimate of drug-likeness (QED) is 0.302. The largest absolute Gasteiger partial charge is 0.358 e. The fraction of sp³-hybridized carbons (Fsp3) is 0.481. The smallest absolute Gasteiger partial charge is 0.295 e. The molecule has 2 fully saturated rings. The van der Waals surface area contributed by atoms with Crippen LogP contribution in [0.4, 0.5) is 5.82 Å². The van der Waals surface area contributed by atoms with Gasteiger partial charge in [0.05, 0.1) is 35.4 Å². The standard InChI is InChI=1S/C27H31N9O3S/c1-4-15(3)36-26-19(34-25(27(36)37)31-13-20-28-10-18(11-29-20)40(38,39)5-2)12-30-24(35-26)21-22(16-6-7-16)32-14-33-23(21)17-8-9-17/h10-12,14-17H,4-9,13H2,1-3H3,(H,31,34)/t15-/m1/s1. The number of rotatable bonds is 10. The number of hydrogen-bond donors (Lipinski definition) is 1. The molecule has 6 rings (SSSR count). The summed E-state index contributed by atoms with van der Waals surface area (Å²) in [5, 5.41) is 3.03. The predicted octanol–water partition coefficient (Wildman–Crippen LogP) is 3.57. The average molecular weight is 562 g/mol. The lowest BCUT2D eigenvalue weighted by atomic mass is 10.0. The molecule has 0 bridgehead atoms. The third-order valence-corrected chi connectivity index (χ3v) is 9.24. The molecule has 0 spiro atoms. The first-order valence-corrected chi connectivity index (χ1v) is 15.4. The third kappa shape index (κ3) is 4.93. The molecule has 4 aromatic rings. The van der Waals surface area contributed by atoms with Gasteiger partial charge in [-0.1, -0.05) is 13.8 Å². The van der Waals surface area contributed by atoms with Gasteiger partial charge in [-0.15, -0.1) is 0 Å². The van der Waals surface area contributed by atoms with Crippen LogP contribution in [0.2, 0.25) is 0 Å². The molecule has 208 valence electrons. The zero-order valence-corrected chi connectivity index (χ0v) is 23.5. The molecule has 40 heavy (non-hydrogen) atoms. The Balaban J connectivity index is 1.38. The Bertz CT molecular complexity index is 1720. The minimum atomic E-state index is -3.40. The molecule has 2 aliphatic rings. The molecular formula is C27H31N9O3S. The number of fused-ring (bicyclic) bond motifs is 1. The van der Waals surface area contributed by atoms with Gasteiger partial charge in [0.15, 0.2) is 27.1 Å². The van der Waals surface area contributed by atoms with Gasteiger partial charge in [-0.25, -0.2) is 43.3 Å². The van der Waals surface area contributed by atoms with Crippen molar-refractivity contribution in [2.24, 2.45) is 0 Å². The van der Waals surface area contributed by atoms with E-state index in [-0.39, 0.29) is 34.6 Å². The van der Waals surface area contributed by atoms with Crippen LogP contribution in [0.3, 0.4) is 0 Å². The van der Waals surface area contributed by atoms with Crippen LogP contribution in [0.5, 0.6) is 0 Å². The number of nitrogens with zero attached hydrogens (tertiary/aromatic N) is 8. The molecular weight excluding hydrogens is 530 g/mol. The molecule has 2 aliphatic carbocycles. The lowest BCUT2D eigenvalue weighted by Crippen LogP contribution is -2.28. The van der Waals surface area contributed by atoms with E-state index in [1.54, 1.807) is 24.0 Å². The molecule has 1 atom stereocenters. The van der Waals surface area contributed by atoms with Crippen molar-refractivity contribution in [3.05, 3.63) is 52.5 Å². The number of nitrogens with one attached hydrogen (secondary N) is 1. The van der Waals surface area contributed by atoms with Gasteiger partial charge in [0.2, 0.25) is 0 Å². The fourth-order valence-corrected chi connectivity index (χ4v) is 5.49. The predicted molar refractivity (Wildman–Crippen MR) is 149 cm³/mol. The monoisotopic (exact) mass is 561 g/mol. The Morgan fingerprint density at radius 2 is 1.60 bits per heavy atom. The van der Waals surface area contributed by atoms with E-state index in [1.165, 1.54) is 12.4 Å². The van der Waals surface area contributed by atoms with Gasteiger partial charge in [0, 0.05) is 30.3 Å². The molecule has 0 amide bonds. The second-order valence-corrected chi connectivity index (χ2v) is 12.7. The van der Waals surface area contributed by atoms with Crippen LogP contribution in [0, 0.1) is 0 Å². The van der Waals surface area contributed by atoms with Crippen LogP contribution < -0.4 is 10.9 Å². The Hall–Kier alpha value is -3.87. The van der Waals surface area contributed by atoms with Gasteiger partial charge in [-0.2, -0.15) is 0 Å². The molecule has 0 unspecified atom stereocenters. The van der Waals surface area contributed by atoms with E-state index in [2.05, 4.69) is 30.2 Å². The normalized spacial score (nSPS) is 16.3. The van der Waals surface area contributed by atoms with Crippen LogP contribution in [0.15, 0.2) is 34.6 Å². The Morgan fingerprint density at radius 1 is 0.950 bits per heavy atom. The van der Waals surface area contributed by atoms with Crippen LogP contribution in [0.1, 0.15) is 88.0 Å². The van der Waals surface area contributed by atoms with Crippen molar-refractivity contribution < 1.29 is 8.42 Å². The lowest BCUT2D eigenvalue weighted by molar-refractivity contribution is 0.526. The summed E-state index contributed by atoms with van der Waals surface area (Å²) < 4.78 is 25.8. The summed E-state index contributed by atoms with van der Waals surface area (Å²) in [7, 11) is -3.40. The highest BCUT2D eigenvalue weighted by molar-refractivity contribution is 7.91. The maximum atomic E-state index is 13.7. The molecule has 2 saturated carbocycles. The Morgan fingerprint density at radius 3 is 2.17 bits per heavy atom. The van der Waals surface area contributed by atoms with Gasteiger partial charge in [-0.05, 0) is 39.0 Å². The third-order valence-electron chi connectivity index (χ3n) is 7.56. The zero-order chi connectivity index (χ0) is 28.0. The summed E-state index contributed by atoms with van der Waals surface area (Å²) >= 11 is 0. The topological polar surface area (TPSA) is 158 Å². The summed E-state index contributed by atoms with van der Waals surface area (Å²) in [6, 6.07) is -0.145. The SMILES string of the molecule is CC[C@@H](C)n1c(=O)c(NCc2ncc(S(=O)(=O)CC)cn2)nc2cnc(-c3c(C4CC4)ncnc3C3CC3)nc21. The number of anilines is 1. The Labute approximate surface area is 231 Å². The van der Waals surface area contributed by atoms with Gasteiger partial charge >= 0.3 is 0 Å². The highest BCUT2D eigenvalue weighted by atomic mass is 32.2. The maximum absolute atomic E-state index is 13.7. The van der Waals surface area contributed by atoms with E-state index < -0.39 is 9.84 Å². The van der Waals surface area contributed by atoms with E-state index in [4.69, 9.17) is 9.97 Å². The number of aromatic nitrogens is 8. The van der Waals surface area contributed by atoms with Crippen molar-refractivity contribution in [1.29, 1.82) is 0 Å². The average Bonchev–Trinajstić information content (AvgIpc) is 3.89. The fourth-order valence-electron chi connectivity index (χ4n) is 4.73. The summed E-state index contributed by atoms with van der Waals surface area (Å²) in [5.74, 6) is 1.76. The molecule has 1 N–H and O–H groups in total. The van der Waals surface area contributed by atoms with Crippen molar-refractivity contribution in [1.82, 2.24) is 39.5 Å². The summed E-state index contributed by atoms with van der Waals surface area (Å²) in [6.07, 6.45) is 11.0. The molecule has 0 aliphatic heterocycles. The molecule has 4 heterocycles. The van der Waals surface area contributed by atoms with Crippen LogP contribution in [-0.2, 0) is 16.4 Å². The van der Waals surface area contributed by atoms with Crippen molar-refractivity contribution in [2.45, 2.75) is 82.2 Å². The van der Waals surface area contributed by atoms with Gasteiger partial charge < -0.3 is 5.32 Å². The van der Waals surface area contributed by atoms with Crippen LogP contribution >= 0.6 is 0 Å². The molecule has 0 saturated heterocycles. The molecule has 0 aromatic carbocycles. The summed E-state index contributed by atoms with van der Waals surface area (Å²) in [4.78, 5) is 45.5.